The van der Waals surface area contributed by atoms with Crippen LogP contribution in [-0.4, -0.2) is 9.13 Å². The first-order valence-corrected chi connectivity index (χ1v) is 22.1. The summed E-state index contributed by atoms with van der Waals surface area (Å²) in [4.78, 5) is 0. The minimum Gasteiger partial charge on any atom is -0.398 e. The number of benzene rings is 9. The highest BCUT2D eigenvalue weighted by molar-refractivity contribution is 6.39. The highest BCUT2D eigenvalue weighted by atomic mass is 15.0. The zero-order valence-corrected chi connectivity index (χ0v) is 36.7. The molecule has 4 N–H and O–H groups in total. The van der Waals surface area contributed by atoms with Crippen LogP contribution in [0.5, 0.6) is 0 Å². The maximum absolute atomic E-state index is 6.08. The number of allylic oxidation sites excluding steroid dienone is 5. The van der Waals surface area contributed by atoms with Gasteiger partial charge >= 0.3 is 0 Å². The van der Waals surface area contributed by atoms with E-state index in [1.165, 1.54) is 76.4 Å². The Bertz CT molecular complexity index is 3530. The van der Waals surface area contributed by atoms with E-state index in [9.17, 15) is 0 Å². The molecule has 9 aromatic carbocycles. The van der Waals surface area contributed by atoms with Gasteiger partial charge in [0.25, 0.3) is 0 Å². The molecule has 0 amide bonds. The van der Waals surface area contributed by atoms with Crippen molar-refractivity contribution in [2.75, 3.05) is 0 Å². The second-order valence-electron chi connectivity index (χ2n) is 16.2. The molecular formula is C61H52N4. The standard InChI is InChI=1S/C39H27N3.C15H15N.C7H10/c40-24-25-11-10-14-27(23-25)41-33-19-8-6-17-31(33)36-35(41)22-21-29-28-15-4-5-16-30(28)39-38(37(29)36)32-18-7-9-20-34(32)42(39)26-12-2-1-3-13-26;16-15(14-9-5-2-6-10-14)12-11-13-7-3-1-4-8-13;1-4-5-6-7(2)3/h1-23H,24,40H2;1-10,12H,11,16H2;4-6H,1-2H2,3H3/b;15-12-;6-5-. The summed E-state index contributed by atoms with van der Waals surface area (Å²) in [5, 5.41) is 10.2. The lowest BCUT2D eigenvalue weighted by molar-refractivity contribution is 1.06. The molecule has 0 spiro atoms. The first kappa shape index (κ1) is 42.1. The summed E-state index contributed by atoms with van der Waals surface area (Å²) >= 11 is 0. The van der Waals surface area contributed by atoms with Crippen LogP contribution < -0.4 is 11.5 Å². The summed E-state index contributed by atoms with van der Waals surface area (Å²) in [7, 11) is 0. The average molecular weight is 841 g/mol. The average Bonchev–Trinajstić information content (AvgIpc) is 3.90. The molecule has 0 aliphatic carbocycles. The van der Waals surface area contributed by atoms with Crippen molar-refractivity contribution in [2.45, 2.75) is 19.9 Å². The van der Waals surface area contributed by atoms with Gasteiger partial charge in [0.2, 0.25) is 0 Å². The second kappa shape index (κ2) is 19.1. The molecule has 65 heavy (non-hydrogen) atoms. The lowest BCUT2D eigenvalue weighted by Crippen LogP contribution is -1.99. The monoisotopic (exact) mass is 840 g/mol. The number of aromatic nitrogens is 2. The number of fused-ring (bicyclic) bond motifs is 12. The summed E-state index contributed by atoms with van der Waals surface area (Å²) in [6.07, 6.45) is 8.44. The Balaban J connectivity index is 0.000000192. The van der Waals surface area contributed by atoms with E-state index in [0.717, 1.165) is 34.5 Å². The van der Waals surface area contributed by atoms with Crippen LogP contribution in [0.4, 0.5) is 0 Å². The van der Waals surface area contributed by atoms with Crippen LogP contribution in [0, 0.1) is 0 Å². The molecule has 0 aliphatic rings. The largest absolute Gasteiger partial charge is 0.398 e. The molecule has 0 atom stereocenters. The molecule has 2 aromatic heterocycles. The zero-order valence-electron chi connectivity index (χ0n) is 36.7. The molecule has 0 radical (unpaired) electrons. The van der Waals surface area contributed by atoms with Crippen LogP contribution in [0.25, 0.3) is 82.2 Å². The van der Waals surface area contributed by atoms with Crippen LogP contribution in [0.1, 0.15) is 23.6 Å². The Hall–Kier alpha value is -8.18. The highest BCUT2D eigenvalue weighted by Crippen LogP contribution is 2.47. The fourth-order valence-electron chi connectivity index (χ4n) is 8.99. The molecule has 0 bridgehead atoms. The van der Waals surface area contributed by atoms with E-state index >= 15 is 0 Å². The molecule has 0 saturated heterocycles. The van der Waals surface area contributed by atoms with Crippen molar-refractivity contribution in [3.8, 4) is 11.4 Å². The van der Waals surface area contributed by atoms with Gasteiger partial charge in [0.1, 0.15) is 0 Å². The zero-order chi connectivity index (χ0) is 44.7. The van der Waals surface area contributed by atoms with Crippen LogP contribution in [-0.2, 0) is 13.0 Å². The van der Waals surface area contributed by atoms with Crippen molar-refractivity contribution >= 4 is 70.9 Å². The third-order valence-electron chi connectivity index (χ3n) is 11.9. The van der Waals surface area contributed by atoms with Crippen molar-refractivity contribution in [1.82, 2.24) is 9.13 Å². The number of rotatable bonds is 8. The smallest absolute Gasteiger partial charge is 0.0626 e. The van der Waals surface area contributed by atoms with E-state index in [0.29, 0.717) is 6.54 Å². The normalized spacial score (nSPS) is 11.6. The van der Waals surface area contributed by atoms with Crippen molar-refractivity contribution < 1.29 is 0 Å². The lowest BCUT2D eigenvalue weighted by Gasteiger charge is -2.13. The molecule has 0 aliphatic heterocycles. The Labute approximate surface area is 381 Å². The number of hydrogen-bond acceptors (Lipinski definition) is 2. The Morgan fingerprint density at radius 3 is 1.71 bits per heavy atom. The van der Waals surface area contributed by atoms with Gasteiger partial charge in [0, 0.05) is 55.9 Å². The molecule has 0 unspecified atom stereocenters. The van der Waals surface area contributed by atoms with Crippen molar-refractivity contribution in [3.63, 3.8) is 0 Å². The maximum atomic E-state index is 6.08. The fraction of sp³-hybridized carbons (Fsp3) is 0.0492. The van der Waals surface area contributed by atoms with Gasteiger partial charge in [0.15, 0.2) is 0 Å². The maximum Gasteiger partial charge on any atom is 0.0626 e. The van der Waals surface area contributed by atoms with Gasteiger partial charge in [-0.25, -0.2) is 0 Å². The third-order valence-corrected chi connectivity index (χ3v) is 11.9. The number of nitrogens with two attached hydrogens (primary N) is 2. The number of nitrogens with zero attached hydrogens (tertiary/aromatic N) is 2. The predicted octanol–water partition coefficient (Wildman–Crippen LogP) is 15.2. The molecule has 11 rings (SSSR count). The summed E-state index contributed by atoms with van der Waals surface area (Å²) in [5.74, 6) is 0. The minimum atomic E-state index is 0.513. The van der Waals surface area contributed by atoms with E-state index in [-0.39, 0.29) is 0 Å². The van der Waals surface area contributed by atoms with Crippen LogP contribution >= 0.6 is 0 Å². The van der Waals surface area contributed by atoms with Crippen molar-refractivity contribution in [3.05, 3.63) is 260 Å². The lowest BCUT2D eigenvalue weighted by atomic mass is 9.93. The van der Waals surface area contributed by atoms with Crippen LogP contribution in [0.3, 0.4) is 0 Å². The Morgan fingerprint density at radius 1 is 0.508 bits per heavy atom. The topological polar surface area (TPSA) is 61.9 Å². The quantitative estimate of drug-likeness (QED) is 0.118. The van der Waals surface area contributed by atoms with E-state index < -0.39 is 0 Å². The van der Waals surface area contributed by atoms with Gasteiger partial charge in [-0.15, -0.1) is 0 Å². The SMILES string of the molecule is C=C/C=C\C(=C)C.N/C(=C\Cc1ccccc1)c1ccccc1.NCc1cccc(-n2c3ccccc3c3c4c(ccc32)c2ccccc2c2c4c3ccccc3n2-c2ccccc2)c1. The second-order valence-corrected chi connectivity index (χ2v) is 16.2. The molecule has 316 valence electrons. The van der Waals surface area contributed by atoms with E-state index in [1.807, 2.05) is 67.6 Å². The van der Waals surface area contributed by atoms with E-state index in [2.05, 4.69) is 180 Å². The molecule has 4 nitrogen and oxygen atoms in total. The Kier molecular flexibility index (Phi) is 12.4. The van der Waals surface area contributed by atoms with Crippen molar-refractivity contribution in [1.29, 1.82) is 0 Å². The molecule has 2 heterocycles. The van der Waals surface area contributed by atoms with E-state index in [1.54, 1.807) is 6.08 Å². The number of hydrogen-bond donors (Lipinski definition) is 2. The van der Waals surface area contributed by atoms with E-state index in [4.69, 9.17) is 11.5 Å². The van der Waals surface area contributed by atoms with Gasteiger partial charge < -0.3 is 20.6 Å². The fourth-order valence-corrected chi connectivity index (χ4v) is 8.99. The van der Waals surface area contributed by atoms with Gasteiger partial charge in [-0.3, -0.25) is 0 Å². The molecular weight excluding hydrogens is 789 g/mol. The van der Waals surface area contributed by atoms with Gasteiger partial charge in [-0.05, 0) is 83.3 Å². The molecule has 11 aromatic rings. The summed E-state index contributed by atoms with van der Waals surface area (Å²) in [6.45, 7) is 9.62. The number of para-hydroxylation sites is 3. The summed E-state index contributed by atoms with van der Waals surface area (Å²) < 4.78 is 4.86. The highest BCUT2D eigenvalue weighted by Gasteiger charge is 2.23. The van der Waals surface area contributed by atoms with Gasteiger partial charge in [0.05, 0.1) is 22.1 Å². The third kappa shape index (κ3) is 8.39. The first-order valence-electron chi connectivity index (χ1n) is 22.1. The van der Waals surface area contributed by atoms with Crippen LogP contribution in [0.2, 0.25) is 0 Å². The summed E-state index contributed by atoms with van der Waals surface area (Å²) in [6, 6.07) is 70.9. The van der Waals surface area contributed by atoms with Crippen molar-refractivity contribution in [2.24, 2.45) is 11.5 Å². The molecule has 0 saturated carbocycles. The molecule has 0 fully saturated rings. The van der Waals surface area contributed by atoms with Gasteiger partial charge in [-0.2, -0.15) is 0 Å². The van der Waals surface area contributed by atoms with Gasteiger partial charge in [-0.1, -0.05) is 201 Å². The van der Waals surface area contributed by atoms with Crippen LogP contribution in [0.15, 0.2) is 243 Å². The molecule has 4 heteroatoms. The summed E-state index contributed by atoms with van der Waals surface area (Å²) in [5.41, 5.74) is 24.6. The predicted molar refractivity (Wildman–Crippen MR) is 281 cm³/mol. The first-order chi connectivity index (χ1) is 32.0. The Morgan fingerprint density at radius 2 is 1.06 bits per heavy atom. The minimum absolute atomic E-state index is 0.513.